The van der Waals surface area contributed by atoms with Crippen LogP contribution in [0, 0.1) is 19.7 Å². The Labute approximate surface area is 127 Å². The second kappa shape index (κ2) is 5.45. The Morgan fingerprint density at radius 1 is 1.19 bits per heavy atom. The van der Waals surface area contributed by atoms with Gasteiger partial charge in [-0.2, -0.15) is 0 Å². The van der Waals surface area contributed by atoms with Gasteiger partial charge < -0.3 is 0 Å². The topological polar surface area (TPSA) is 30.7 Å². The van der Waals surface area contributed by atoms with Crippen LogP contribution in [0.2, 0.25) is 0 Å². The monoisotopic (exact) mass is 303 g/mol. The first-order chi connectivity index (χ1) is 10.1. The number of alkyl halides is 1. The molecule has 0 N–H and O–H groups in total. The highest BCUT2D eigenvalue weighted by Gasteiger charge is 2.16. The van der Waals surface area contributed by atoms with Crippen molar-refractivity contribution in [3.8, 4) is 5.69 Å². The number of aromatic nitrogens is 3. The first-order valence-electron chi connectivity index (χ1n) is 6.76. The summed E-state index contributed by atoms with van der Waals surface area (Å²) in [6, 6.07) is 6.96. The lowest BCUT2D eigenvalue weighted by atomic mass is 10.2. The lowest BCUT2D eigenvalue weighted by Gasteiger charge is -2.10. The van der Waals surface area contributed by atoms with Crippen molar-refractivity contribution in [3.05, 3.63) is 53.2 Å². The van der Waals surface area contributed by atoms with Crippen LogP contribution in [0.3, 0.4) is 0 Å². The van der Waals surface area contributed by atoms with E-state index in [0.29, 0.717) is 23.6 Å². The Bertz CT molecular complexity index is 811. The van der Waals surface area contributed by atoms with Crippen molar-refractivity contribution in [2.24, 2.45) is 0 Å². The number of hydrogen-bond acceptors (Lipinski definition) is 2. The van der Waals surface area contributed by atoms with Gasteiger partial charge in [0.1, 0.15) is 17.2 Å². The van der Waals surface area contributed by atoms with E-state index < -0.39 is 0 Å². The number of aryl methyl sites for hydroxylation is 3. The molecule has 0 saturated heterocycles. The summed E-state index contributed by atoms with van der Waals surface area (Å²) in [5.74, 6) is 0.858. The molecule has 21 heavy (non-hydrogen) atoms. The fourth-order valence-electron chi connectivity index (χ4n) is 2.41. The van der Waals surface area contributed by atoms with Gasteiger partial charge in [-0.3, -0.25) is 4.57 Å². The molecular formula is C16H15ClFN3. The van der Waals surface area contributed by atoms with Gasteiger partial charge in [0, 0.05) is 18.5 Å². The van der Waals surface area contributed by atoms with Crippen LogP contribution in [0.5, 0.6) is 0 Å². The Morgan fingerprint density at radius 2 is 2.00 bits per heavy atom. The molecule has 0 saturated carbocycles. The van der Waals surface area contributed by atoms with Crippen molar-refractivity contribution in [1.82, 2.24) is 14.5 Å². The summed E-state index contributed by atoms with van der Waals surface area (Å²) in [5, 5.41) is 0. The number of nitrogens with zero attached hydrogens (tertiary/aromatic N) is 3. The number of rotatable bonds is 3. The second-order valence-corrected chi connectivity index (χ2v) is 5.49. The molecule has 0 aliphatic heterocycles. The van der Waals surface area contributed by atoms with Crippen LogP contribution in [0.25, 0.3) is 16.9 Å². The number of halogens is 2. The Hall–Kier alpha value is -1.94. The van der Waals surface area contributed by atoms with Crippen molar-refractivity contribution in [2.45, 2.75) is 20.3 Å². The highest BCUT2D eigenvalue weighted by molar-refractivity contribution is 6.17. The summed E-state index contributed by atoms with van der Waals surface area (Å²) in [4.78, 5) is 8.98. The number of benzene rings is 1. The third kappa shape index (κ3) is 2.51. The van der Waals surface area contributed by atoms with E-state index in [1.807, 2.05) is 19.9 Å². The van der Waals surface area contributed by atoms with Crippen LogP contribution in [-0.2, 0) is 6.42 Å². The van der Waals surface area contributed by atoms with Crippen molar-refractivity contribution in [2.75, 3.05) is 5.88 Å². The van der Waals surface area contributed by atoms with E-state index in [0.717, 1.165) is 22.5 Å². The van der Waals surface area contributed by atoms with Crippen LogP contribution in [0.4, 0.5) is 4.39 Å². The zero-order chi connectivity index (χ0) is 15.0. The molecule has 0 atom stereocenters. The summed E-state index contributed by atoms with van der Waals surface area (Å²) in [6.07, 6.45) is 2.32. The second-order valence-electron chi connectivity index (χ2n) is 5.11. The number of fused-ring (bicyclic) bond motifs is 1. The summed E-state index contributed by atoms with van der Waals surface area (Å²) in [6.45, 7) is 3.89. The lowest BCUT2D eigenvalue weighted by molar-refractivity contribution is 0.616. The number of imidazole rings is 1. The van der Waals surface area contributed by atoms with E-state index in [9.17, 15) is 4.39 Å². The minimum absolute atomic E-state index is 0.293. The van der Waals surface area contributed by atoms with E-state index in [-0.39, 0.29) is 5.82 Å². The molecule has 108 valence electrons. The van der Waals surface area contributed by atoms with Crippen LogP contribution in [-0.4, -0.2) is 20.4 Å². The zero-order valence-corrected chi connectivity index (χ0v) is 12.7. The lowest BCUT2D eigenvalue weighted by Crippen LogP contribution is -2.05. The minimum Gasteiger partial charge on any atom is -0.278 e. The largest absolute Gasteiger partial charge is 0.278 e. The van der Waals surface area contributed by atoms with E-state index in [2.05, 4.69) is 9.97 Å². The molecule has 0 aliphatic carbocycles. The molecule has 0 bridgehead atoms. The van der Waals surface area contributed by atoms with E-state index in [4.69, 9.17) is 11.6 Å². The van der Waals surface area contributed by atoms with E-state index in [1.54, 1.807) is 22.9 Å². The SMILES string of the molecule is Cc1ccc(F)c(-n2c(CCCl)nc3cc(C)cnc32)c1. The molecule has 0 amide bonds. The molecule has 3 rings (SSSR count). The molecule has 5 heteroatoms. The Balaban J connectivity index is 2.33. The Kier molecular flexibility index (Phi) is 3.64. The molecule has 3 nitrogen and oxygen atoms in total. The highest BCUT2D eigenvalue weighted by atomic mass is 35.5. The summed E-state index contributed by atoms with van der Waals surface area (Å²) < 4.78 is 16.0. The fourth-order valence-corrected chi connectivity index (χ4v) is 2.58. The summed E-state index contributed by atoms with van der Waals surface area (Å²) in [5.41, 5.74) is 3.89. The van der Waals surface area contributed by atoms with Crippen molar-refractivity contribution < 1.29 is 4.39 Å². The quantitative estimate of drug-likeness (QED) is 0.686. The number of pyridine rings is 1. The summed E-state index contributed by atoms with van der Waals surface area (Å²) >= 11 is 5.86. The normalized spacial score (nSPS) is 11.2. The minimum atomic E-state index is -0.293. The maximum absolute atomic E-state index is 14.3. The van der Waals surface area contributed by atoms with E-state index in [1.165, 1.54) is 6.07 Å². The van der Waals surface area contributed by atoms with Gasteiger partial charge in [0.25, 0.3) is 0 Å². The predicted molar refractivity (Wildman–Crippen MR) is 82.7 cm³/mol. The molecule has 0 fully saturated rings. The van der Waals surface area contributed by atoms with Gasteiger partial charge in [-0.05, 0) is 43.2 Å². The van der Waals surface area contributed by atoms with Crippen molar-refractivity contribution in [3.63, 3.8) is 0 Å². The first kappa shape index (κ1) is 14.0. The van der Waals surface area contributed by atoms with Crippen LogP contribution in [0.1, 0.15) is 17.0 Å². The van der Waals surface area contributed by atoms with Crippen molar-refractivity contribution in [1.29, 1.82) is 0 Å². The molecule has 0 unspecified atom stereocenters. The smallest absolute Gasteiger partial charge is 0.164 e. The standard InChI is InChI=1S/C16H15ClFN3/c1-10-3-4-12(18)14(8-10)21-15(5-6-17)20-13-7-11(2)9-19-16(13)21/h3-4,7-9H,5-6H2,1-2H3. The number of hydrogen-bond donors (Lipinski definition) is 0. The first-order valence-corrected chi connectivity index (χ1v) is 7.30. The molecule has 2 heterocycles. The van der Waals surface area contributed by atoms with Crippen molar-refractivity contribution >= 4 is 22.8 Å². The molecule has 2 aromatic heterocycles. The van der Waals surface area contributed by atoms with Gasteiger partial charge in [0.05, 0.1) is 5.69 Å². The fraction of sp³-hybridized carbons (Fsp3) is 0.250. The molecule has 0 spiro atoms. The average Bonchev–Trinajstić information content (AvgIpc) is 2.79. The van der Waals surface area contributed by atoms with Gasteiger partial charge in [-0.1, -0.05) is 6.07 Å². The zero-order valence-electron chi connectivity index (χ0n) is 11.9. The highest BCUT2D eigenvalue weighted by Crippen LogP contribution is 2.24. The molecule has 1 aromatic carbocycles. The molecule has 3 aromatic rings. The maximum atomic E-state index is 14.3. The third-order valence-electron chi connectivity index (χ3n) is 3.36. The van der Waals surface area contributed by atoms with Gasteiger partial charge in [-0.25, -0.2) is 14.4 Å². The van der Waals surface area contributed by atoms with Gasteiger partial charge >= 0.3 is 0 Å². The van der Waals surface area contributed by atoms with Crippen LogP contribution in [0.15, 0.2) is 30.5 Å². The third-order valence-corrected chi connectivity index (χ3v) is 3.55. The van der Waals surface area contributed by atoms with Crippen LogP contribution >= 0.6 is 11.6 Å². The predicted octanol–water partition coefficient (Wildman–Crippen LogP) is 3.96. The van der Waals surface area contributed by atoms with Crippen LogP contribution < -0.4 is 0 Å². The maximum Gasteiger partial charge on any atom is 0.164 e. The molecular weight excluding hydrogens is 289 g/mol. The Morgan fingerprint density at radius 3 is 2.76 bits per heavy atom. The van der Waals surface area contributed by atoms with E-state index >= 15 is 0 Å². The summed E-state index contributed by atoms with van der Waals surface area (Å²) in [7, 11) is 0. The van der Waals surface area contributed by atoms with Gasteiger partial charge in [0.2, 0.25) is 0 Å². The van der Waals surface area contributed by atoms with Gasteiger partial charge in [0.15, 0.2) is 5.65 Å². The average molecular weight is 304 g/mol. The van der Waals surface area contributed by atoms with Gasteiger partial charge in [-0.15, -0.1) is 11.6 Å². The molecule has 0 aliphatic rings. The molecule has 0 radical (unpaired) electrons.